The Kier molecular flexibility index (Phi) is 2.33. The van der Waals surface area contributed by atoms with Crippen molar-refractivity contribution >= 4 is 0 Å². The summed E-state index contributed by atoms with van der Waals surface area (Å²) in [6.45, 7) is 1.04. The number of terminal acetylenes is 1. The van der Waals surface area contributed by atoms with Gasteiger partial charge in [0.25, 0.3) is 0 Å². The predicted octanol–water partition coefficient (Wildman–Crippen LogP) is 1.90. The van der Waals surface area contributed by atoms with Crippen LogP contribution in [0.2, 0.25) is 0 Å². The fourth-order valence-corrected chi connectivity index (χ4v) is 1.89. The van der Waals surface area contributed by atoms with Crippen LogP contribution in [0.4, 0.5) is 0 Å². The second kappa shape index (κ2) is 3.64. The van der Waals surface area contributed by atoms with Gasteiger partial charge in [-0.05, 0) is 24.1 Å². The summed E-state index contributed by atoms with van der Waals surface area (Å²) < 4.78 is 0. The number of rotatable bonds is 1. The minimum Gasteiger partial charge on any atom is -0.309 e. The molecule has 1 heterocycles. The van der Waals surface area contributed by atoms with E-state index in [4.69, 9.17) is 6.42 Å². The van der Waals surface area contributed by atoms with Gasteiger partial charge in [0.1, 0.15) is 0 Å². The van der Waals surface area contributed by atoms with Gasteiger partial charge in [0.05, 0.1) is 0 Å². The van der Waals surface area contributed by atoms with E-state index in [2.05, 4.69) is 35.5 Å². The fourth-order valence-electron chi connectivity index (χ4n) is 1.89. The molecule has 1 aliphatic heterocycles. The molecule has 1 N–H and O–H groups in total. The van der Waals surface area contributed by atoms with Crippen molar-refractivity contribution in [2.75, 3.05) is 6.54 Å². The van der Waals surface area contributed by atoms with Crippen LogP contribution >= 0.6 is 0 Å². The summed E-state index contributed by atoms with van der Waals surface area (Å²) in [5, 5.41) is 3.43. The molecule has 0 saturated heterocycles. The van der Waals surface area contributed by atoms with Crippen LogP contribution in [0.3, 0.4) is 0 Å². The summed E-state index contributed by atoms with van der Waals surface area (Å²) in [4.78, 5) is 0. The van der Waals surface area contributed by atoms with E-state index in [0.717, 1.165) is 19.4 Å². The van der Waals surface area contributed by atoms with Crippen LogP contribution < -0.4 is 5.32 Å². The first kappa shape index (κ1) is 8.34. The first-order chi connectivity index (χ1) is 6.42. The lowest BCUT2D eigenvalue weighted by molar-refractivity contribution is 0.515. The van der Waals surface area contributed by atoms with Gasteiger partial charge in [0.15, 0.2) is 0 Å². The van der Waals surface area contributed by atoms with Gasteiger partial charge in [0.2, 0.25) is 0 Å². The Bertz CT molecular complexity index is 335. The van der Waals surface area contributed by atoms with Gasteiger partial charge >= 0.3 is 0 Å². The second-order valence-electron chi connectivity index (χ2n) is 3.36. The Morgan fingerprint density at radius 1 is 1.46 bits per heavy atom. The van der Waals surface area contributed by atoms with Gasteiger partial charge in [-0.25, -0.2) is 0 Å². The predicted molar refractivity (Wildman–Crippen MR) is 54.3 cm³/mol. The molecule has 0 bridgehead atoms. The van der Waals surface area contributed by atoms with E-state index < -0.39 is 0 Å². The third-order valence-corrected chi connectivity index (χ3v) is 2.54. The summed E-state index contributed by atoms with van der Waals surface area (Å²) in [6.07, 6.45) is 7.24. The first-order valence-corrected chi connectivity index (χ1v) is 4.66. The van der Waals surface area contributed by atoms with Gasteiger partial charge in [-0.15, -0.1) is 12.3 Å². The SMILES string of the molecule is C#CCC1NCCc2ccccc21. The molecule has 1 aromatic rings. The third-order valence-electron chi connectivity index (χ3n) is 2.54. The Balaban J connectivity index is 2.32. The largest absolute Gasteiger partial charge is 0.309 e. The quantitative estimate of drug-likeness (QED) is 0.636. The zero-order chi connectivity index (χ0) is 9.10. The summed E-state index contributed by atoms with van der Waals surface area (Å²) in [6, 6.07) is 8.91. The molecule has 1 aromatic carbocycles. The van der Waals surface area contributed by atoms with E-state index in [0.29, 0.717) is 6.04 Å². The molecule has 1 nitrogen and oxygen atoms in total. The molecule has 1 aliphatic rings. The van der Waals surface area contributed by atoms with Crippen LogP contribution in [-0.2, 0) is 6.42 Å². The van der Waals surface area contributed by atoms with Gasteiger partial charge in [-0.3, -0.25) is 0 Å². The number of benzene rings is 1. The molecule has 1 atom stereocenters. The maximum absolute atomic E-state index is 5.33. The average molecular weight is 171 g/mol. The molecule has 0 aromatic heterocycles. The molecular formula is C12H13N. The van der Waals surface area contributed by atoms with E-state index in [1.54, 1.807) is 0 Å². The molecule has 0 amide bonds. The number of hydrogen-bond donors (Lipinski definition) is 1. The summed E-state index contributed by atoms with van der Waals surface area (Å²) in [7, 11) is 0. The van der Waals surface area contributed by atoms with Gasteiger partial charge < -0.3 is 5.32 Å². The van der Waals surface area contributed by atoms with E-state index >= 15 is 0 Å². The molecular weight excluding hydrogens is 158 g/mol. The maximum Gasteiger partial charge on any atom is 0.0433 e. The summed E-state index contributed by atoms with van der Waals surface area (Å²) in [5.74, 6) is 2.72. The normalized spacial score (nSPS) is 20.4. The molecule has 0 fully saturated rings. The Hall–Kier alpha value is -1.26. The molecule has 0 aliphatic carbocycles. The first-order valence-electron chi connectivity index (χ1n) is 4.66. The minimum atomic E-state index is 0.370. The van der Waals surface area contributed by atoms with E-state index in [1.165, 1.54) is 11.1 Å². The lowest BCUT2D eigenvalue weighted by Gasteiger charge is -2.25. The standard InChI is InChI=1S/C12H13N/c1-2-5-12-11-7-4-3-6-10(11)8-9-13-12/h1,3-4,6-7,12-13H,5,8-9H2. The molecule has 0 saturated carbocycles. The molecule has 2 rings (SSSR count). The average Bonchev–Trinajstić information content (AvgIpc) is 2.19. The highest BCUT2D eigenvalue weighted by Crippen LogP contribution is 2.24. The van der Waals surface area contributed by atoms with Crippen molar-refractivity contribution in [3.8, 4) is 12.3 Å². The Morgan fingerprint density at radius 3 is 3.15 bits per heavy atom. The van der Waals surface area contributed by atoms with Crippen molar-refractivity contribution in [2.45, 2.75) is 18.9 Å². The molecule has 0 spiro atoms. The summed E-state index contributed by atoms with van der Waals surface area (Å²) in [5.41, 5.74) is 2.83. The zero-order valence-electron chi connectivity index (χ0n) is 7.59. The number of hydrogen-bond acceptors (Lipinski definition) is 1. The number of fused-ring (bicyclic) bond motifs is 1. The van der Waals surface area contributed by atoms with Gasteiger partial charge in [0, 0.05) is 12.5 Å². The Morgan fingerprint density at radius 2 is 2.31 bits per heavy atom. The highest BCUT2D eigenvalue weighted by molar-refractivity contribution is 5.33. The third kappa shape index (κ3) is 1.59. The molecule has 66 valence electrons. The van der Waals surface area contributed by atoms with Crippen molar-refractivity contribution in [1.82, 2.24) is 5.32 Å². The molecule has 13 heavy (non-hydrogen) atoms. The summed E-state index contributed by atoms with van der Waals surface area (Å²) >= 11 is 0. The van der Waals surface area contributed by atoms with Crippen molar-refractivity contribution in [2.24, 2.45) is 0 Å². The second-order valence-corrected chi connectivity index (χ2v) is 3.36. The van der Waals surface area contributed by atoms with Crippen LogP contribution in [0.25, 0.3) is 0 Å². The van der Waals surface area contributed by atoms with E-state index in [9.17, 15) is 0 Å². The zero-order valence-corrected chi connectivity index (χ0v) is 7.59. The lowest BCUT2D eigenvalue weighted by Crippen LogP contribution is -2.29. The smallest absolute Gasteiger partial charge is 0.0433 e. The maximum atomic E-state index is 5.33. The van der Waals surface area contributed by atoms with E-state index in [-0.39, 0.29) is 0 Å². The molecule has 0 radical (unpaired) electrons. The molecule has 1 unspecified atom stereocenters. The van der Waals surface area contributed by atoms with Crippen LogP contribution in [-0.4, -0.2) is 6.54 Å². The van der Waals surface area contributed by atoms with Crippen molar-refractivity contribution in [3.63, 3.8) is 0 Å². The lowest BCUT2D eigenvalue weighted by atomic mass is 9.93. The fraction of sp³-hybridized carbons (Fsp3) is 0.333. The monoisotopic (exact) mass is 171 g/mol. The topological polar surface area (TPSA) is 12.0 Å². The van der Waals surface area contributed by atoms with Crippen LogP contribution in [0, 0.1) is 12.3 Å². The number of nitrogens with one attached hydrogen (secondary N) is 1. The van der Waals surface area contributed by atoms with Crippen molar-refractivity contribution in [3.05, 3.63) is 35.4 Å². The van der Waals surface area contributed by atoms with E-state index in [1.807, 2.05) is 0 Å². The highest BCUT2D eigenvalue weighted by atomic mass is 14.9. The van der Waals surface area contributed by atoms with Crippen molar-refractivity contribution in [1.29, 1.82) is 0 Å². The van der Waals surface area contributed by atoms with Gasteiger partial charge in [-0.1, -0.05) is 24.3 Å². The molecule has 1 heteroatoms. The Labute approximate surface area is 79.2 Å². The van der Waals surface area contributed by atoms with Crippen molar-refractivity contribution < 1.29 is 0 Å². The van der Waals surface area contributed by atoms with Gasteiger partial charge in [-0.2, -0.15) is 0 Å². The van der Waals surface area contributed by atoms with Crippen LogP contribution in [0.5, 0.6) is 0 Å². The van der Waals surface area contributed by atoms with Crippen LogP contribution in [0.15, 0.2) is 24.3 Å². The highest BCUT2D eigenvalue weighted by Gasteiger charge is 2.17. The van der Waals surface area contributed by atoms with Crippen LogP contribution in [0.1, 0.15) is 23.6 Å². The minimum absolute atomic E-state index is 0.370.